The average Bonchev–Trinajstić information content (AvgIpc) is 3.19. The van der Waals surface area contributed by atoms with E-state index in [1.807, 2.05) is 38.2 Å². The second-order valence-corrected chi connectivity index (χ2v) is 8.17. The molecule has 0 saturated heterocycles. The highest BCUT2D eigenvalue weighted by atomic mass is 16.4. The molecule has 2 fully saturated rings. The van der Waals surface area contributed by atoms with Gasteiger partial charge in [-0.1, -0.05) is 53.0 Å². The van der Waals surface area contributed by atoms with E-state index in [4.69, 9.17) is 10.2 Å². The smallest absolute Gasteiger partial charge is 0.303 e. The predicted molar refractivity (Wildman–Crippen MR) is 129 cm³/mol. The summed E-state index contributed by atoms with van der Waals surface area (Å²) >= 11 is 0. The van der Waals surface area contributed by atoms with E-state index in [1.165, 1.54) is 0 Å². The molecule has 0 bridgehead atoms. The molecule has 0 amide bonds. The van der Waals surface area contributed by atoms with Gasteiger partial charge in [0.15, 0.2) is 0 Å². The Hall–Kier alpha value is -2.24. The Morgan fingerprint density at radius 3 is 1.38 bits per heavy atom. The Bertz CT molecular complexity index is 593. The molecule has 0 heterocycles. The first-order valence-corrected chi connectivity index (χ1v) is 11.1. The minimum absolute atomic E-state index is 0. The lowest BCUT2D eigenvalue weighted by molar-refractivity contribution is -0.139. The van der Waals surface area contributed by atoms with Gasteiger partial charge in [-0.05, 0) is 50.4 Å². The van der Waals surface area contributed by atoms with Crippen LogP contribution in [0.4, 0.5) is 0 Å². The fourth-order valence-electron chi connectivity index (χ4n) is 4.36. The van der Waals surface area contributed by atoms with Gasteiger partial charge in [-0.25, -0.2) is 0 Å². The van der Waals surface area contributed by atoms with Crippen molar-refractivity contribution in [3.05, 3.63) is 24.3 Å². The fraction of sp³-hybridized carbons (Fsp3) is 0.692. The van der Waals surface area contributed by atoms with E-state index in [-0.39, 0.29) is 62.9 Å². The number of ketones is 2. The number of carboxylic acids is 2. The highest BCUT2D eigenvalue weighted by Crippen LogP contribution is 2.34. The molecule has 184 valence electrons. The molecule has 2 N–H and O–H groups in total. The van der Waals surface area contributed by atoms with Crippen molar-refractivity contribution >= 4 is 23.5 Å². The third-order valence-electron chi connectivity index (χ3n) is 5.95. The van der Waals surface area contributed by atoms with Crippen LogP contribution >= 0.6 is 0 Å². The van der Waals surface area contributed by atoms with E-state index in [0.717, 1.165) is 25.7 Å². The first-order valence-electron chi connectivity index (χ1n) is 11.1. The zero-order valence-corrected chi connectivity index (χ0v) is 18.2. The first kappa shape index (κ1) is 31.9. The van der Waals surface area contributed by atoms with Crippen LogP contribution in [0.1, 0.15) is 92.9 Å². The molecule has 2 aliphatic rings. The van der Waals surface area contributed by atoms with Crippen molar-refractivity contribution in [2.45, 2.75) is 92.9 Å². The molecule has 4 atom stereocenters. The largest absolute Gasteiger partial charge is 0.481 e. The van der Waals surface area contributed by atoms with Crippen LogP contribution in [0.3, 0.4) is 0 Å². The van der Waals surface area contributed by atoms with Gasteiger partial charge in [0.05, 0.1) is 0 Å². The summed E-state index contributed by atoms with van der Waals surface area (Å²) in [6, 6.07) is 0. The van der Waals surface area contributed by atoms with Crippen molar-refractivity contribution < 1.29 is 29.4 Å². The van der Waals surface area contributed by atoms with E-state index in [0.29, 0.717) is 25.7 Å². The lowest BCUT2D eigenvalue weighted by Gasteiger charge is -2.14. The molecule has 2 saturated carbocycles. The number of hydrogen-bond donors (Lipinski definition) is 2. The van der Waals surface area contributed by atoms with E-state index in [2.05, 4.69) is 0 Å². The molecule has 2 rings (SSSR count). The summed E-state index contributed by atoms with van der Waals surface area (Å²) in [5, 5.41) is 17.4. The van der Waals surface area contributed by atoms with Gasteiger partial charge in [0.1, 0.15) is 11.6 Å². The van der Waals surface area contributed by atoms with Crippen LogP contribution in [0, 0.1) is 23.7 Å². The average molecular weight is 453 g/mol. The van der Waals surface area contributed by atoms with Crippen LogP contribution in [-0.2, 0) is 19.2 Å². The third-order valence-corrected chi connectivity index (χ3v) is 5.95. The third kappa shape index (κ3) is 11.4. The van der Waals surface area contributed by atoms with Gasteiger partial charge in [0.2, 0.25) is 0 Å². The summed E-state index contributed by atoms with van der Waals surface area (Å²) in [4.78, 5) is 44.3. The van der Waals surface area contributed by atoms with Gasteiger partial charge < -0.3 is 10.2 Å². The molecule has 32 heavy (non-hydrogen) atoms. The predicted octanol–water partition coefficient (Wildman–Crippen LogP) is 6.10. The van der Waals surface area contributed by atoms with Gasteiger partial charge in [0.25, 0.3) is 0 Å². The van der Waals surface area contributed by atoms with Gasteiger partial charge in [0, 0.05) is 37.5 Å². The number of Topliss-reactive ketones (excluding diaryl/α,β-unsaturated/α-hetero) is 2. The van der Waals surface area contributed by atoms with Gasteiger partial charge in [-0.15, -0.1) is 0 Å². The summed E-state index contributed by atoms with van der Waals surface area (Å²) in [6.45, 7) is 4.09. The lowest BCUT2D eigenvalue weighted by Crippen LogP contribution is -2.17. The minimum Gasteiger partial charge on any atom is -0.481 e. The second-order valence-electron chi connectivity index (χ2n) is 8.17. The first-order chi connectivity index (χ1) is 14.3. The van der Waals surface area contributed by atoms with Crippen molar-refractivity contribution in [1.82, 2.24) is 0 Å². The fourth-order valence-corrected chi connectivity index (χ4v) is 4.36. The summed E-state index contributed by atoms with van der Waals surface area (Å²) in [6.07, 6.45) is 14.3. The van der Waals surface area contributed by atoms with E-state index >= 15 is 0 Å². The normalized spacial score (nSPS) is 24.7. The lowest BCUT2D eigenvalue weighted by atomic mass is 9.89. The molecular formula is C26H44O6. The SMILES string of the molecule is C.C.CC/C=C\C[C@H]1C(=O)CC[C@H]1CC(=O)O.CC/C=C\C[C@H]1C(=O)CC[C@H]1CC(=O)O. The van der Waals surface area contributed by atoms with Crippen LogP contribution in [0.2, 0.25) is 0 Å². The Balaban J connectivity index is 0. The number of carbonyl (C=O) groups is 4. The maximum Gasteiger partial charge on any atom is 0.303 e. The van der Waals surface area contributed by atoms with Crippen molar-refractivity contribution in [1.29, 1.82) is 0 Å². The number of aliphatic carboxylic acids is 2. The van der Waals surface area contributed by atoms with Crippen molar-refractivity contribution in [3.63, 3.8) is 0 Å². The Labute approximate surface area is 194 Å². The van der Waals surface area contributed by atoms with Crippen molar-refractivity contribution in [2.24, 2.45) is 23.7 Å². The topological polar surface area (TPSA) is 109 Å². The molecule has 0 spiro atoms. The molecule has 0 radical (unpaired) electrons. The highest BCUT2D eigenvalue weighted by molar-refractivity contribution is 5.85. The van der Waals surface area contributed by atoms with Crippen LogP contribution in [0.25, 0.3) is 0 Å². The Morgan fingerprint density at radius 2 is 1.09 bits per heavy atom. The van der Waals surface area contributed by atoms with Crippen molar-refractivity contribution in [3.8, 4) is 0 Å². The summed E-state index contributed by atoms with van der Waals surface area (Å²) in [5.41, 5.74) is 0. The van der Waals surface area contributed by atoms with Crippen LogP contribution in [0.5, 0.6) is 0 Å². The van der Waals surface area contributed by atoms with Crippen molar-refractivity contribution in [2.75, 3.05) is 0 Å². The molecule has 0 unspecified atom stereocenters. The number of hydrogen-bond acceptors (Lipinski definition) is 4. The minimum atomic E-state index is -0.792. The quantitative estimate of drug-likeness (QED) is 0.388. The molecule has 0 aromatic heterocycles. The summed E-state index contributed by atoms with van der Waals surface area (Å²) in [5.74, 6) is -1.11. The molecule has 6 heteroatoms. The standard InChI is InChI=1S/2C12H18O3.2CH4/c2*1-2-3-4-5-10-9(8-12(14)15)6-7-11(10)13;;/h2*3-4,9-10H,2,5-8H2,1H3,(H,14,15);2*1H4/b2*4-3-;;/t2*9-,10+;;/m00../s1. The number of carboxylic acid groups (broad SMARTS) is 2. The monoisotopic (exact) mass is 452 g/mol. The molecular weight excluding hydrogens is 408 g/mol. The molecule has 0 aliphatic heterocycles. The van der Waals surface area contributed by atoms with Crippen LogP contribution in [0.15, 0.2) is 24.3 Å². The van der Waals surface area contributed by atoms with Crippen LogP contribution in [-0.4, -0.2) is 33.7 Å². The van der Waals surface area contributed by atoms with E-state index < -0.39 is 11.9 Å². The van der Waals surface area contributed by atoms with Crippen LogP contribution < -0.4 is 0 Å². The summed E-state index contributed by atoms with van der Waals surface area (Å²) < 4.78 is 0. The zero-order valence-electron chi connectivity index (χ0n) is 18.2. The van der Waals surface area contributed by atoms with Gasteiger partial charge in [-0.2, -0.15) is 0 Å². The van der Waals surface area contributed by atoms with Gasteiger partial charge in [-0.3, -0.25) is 19.2 Å². The molecule has 2 aliphatic carbocycles. The highest BCUT2D eigenvalue weighted by Gasteiger charge is 2.35. The Morgan fingerprint density at radius 1 is 0.750 bits per heavy atom. The zero-order chi connectivity index (χ0) is 22.5. The maximum atomic E-state index is 11.5. The molecule has 0 aromatic carbocycles. The second kappa shape index (κ2) is 17.3. The number of allylic oxidation sites excluding steroid dienone is 4. The van der Waals surface area contributed by atoms with E-state index in [9.17, 15) is 19.2 Å². The number of carbonyl (C=O) groups excluding carboxylic acids is 2. The van der Waals surface area contributed by atoms with E-state index in [1.54, 1.807) is 0 Å². The summed E-state index contributed by atoms with van der Waals surface area (Å²) in [7, 11) is 0. The Kier molecular flexibility index (Phi) is 17.3. The number of rotatable bonds is 10. The molecule has 6 nitrogen and oxygen atoms in total. The molecule has 0 aromatic rings. The maximum absolute atomic E-state index is 11.5. The van der Waals surface area contributed by atoms with Gasteiger partial charge >= 0.3 is 11.9 Å².